The molecule has 0 aliphatic carbocycles. The molecule has 0 fully saturated rings. The number of benzene rings is 1. The molecule has 0 spiro atoms. The monoisotopic (exact) mass is 487 g/mol. The van der Waals surface area contributed by atoms with Gasteiger partial charge in [-0.3, -0.25) is 14.0 Å². The van der Waals surface area contributed by atoms with E-state index in [0.29, 0.717) is 30.4 Å². The summed E-state index contributed by atoms with van der Waals surface area (Å²) in [5.74, 6) is -0.402. The van der Waals surface area contributed by atoms with Gasteiger partial charge in [0.05, 0.1) is 10.6 Å². The van der Waals surface area contributed by atoms with Crippen molar-refractivity contribution in [1.29, 1.82) is 0 Å². The number of sulfonamides is 1. The van der Waals surface area contributed by atoms with E-state index < -0.39 is 28.0 Å². The molecule has 180 valence electrons. The summed E-state index contributed by atoms with van der Waals surface area (Å²) in [6, 6.07) is 7.89. The molecule has 3 heterocycles. The number of hydrogen-bond donors (Lipinski definition) is 1. The highest BCUT2D eigenvalue weighted by Crippen LogP contribution is 2.32. The lowest BCUT2D eigenvalue weighted by atomic mass is 10.1. The minimum Gasteiger partial charge on any atom is -0.486 e. The van der Waals surface area contributed by atoms with Crippen LogP contribution in [0.15, 0.2) is 52.3 Å². The van der Waals surface area contributed by atoms with E-state index in [4.69, 9.17) is 14.2 Å². The summed E-state index contributed by atoms with van der Waals surface area (Å²) < 4.78 is 45.9. The third kappa shape index (κ3) is 5.05. The zero-order valence-corrected chi connectivity index (χ0v) is 19.8. The molecule has 11 heteroatoms. The molecule has 10 nitrogen and oxygen atoms in total. The molecular formula is C23H25N3O7S. The Kier molecular flexibility index (Phi) is 6.58. The molecule has 3 aromatic rings. The number of aromatic nitrogens is 2. The van der Waals surface area contributed by atoms with Crippen LogP contribution in [0.4, 0.5) is 0 Å². The van der Waals surface area contributed by atoms with Crippen LogP contribution in [-0.2, 0) is 26.2 Å². The quantitative estimate of drug-likeness (QED) is 0.501. The number of nitrogens with zero attached hydrogens (tertiary/aromatic N) is 2. The van der Waals surface area contributed by atoms with Crippen LogP contribution >= 0.6 is 0 Å². The Labute approximate surface area is 196 Å². The van der Waals surface area contributed by atoms with Gasteiger partial charge < -0.3 is 14.2 Å². The number of pyridine rings is 1. The van der Waals surface area contributed by atoms with E-state index >= 15 is 0 Å². The van der Waals surface area contributed by atoms with E-state index in [9.17, 15) is 18.0 Å². The lowest BCUT2D eigenvalue weighted by Crippen LogP contribution is -2.45. The van der Waals surface area contributed by atoms with Crippen LogP contribution in [0.25, 0.3) is 5.65 Å². The van der Waals surface area contributed by atoms with Gasteiger partial charge in [0.2, 0.25) is 10.0 Å². The van der Waals surface area contributed by atoms with Crippen molar-refractivity contribution in [2.24, 2.45) is 5.92 Å². The fraction of sp³-hybridized carbons (Fsp3) is 0.348. The Morgan fingerprint density at radius 2 is 1.88 bits per heavy atom. The molecule has 4 rings (SSSR count). The van der Waals surface area contributed by atoms with Crippen molar-refractivity contribution >= 4 is 21.6 Å². The van der Waals surface area contributed by atoms with Gasteiger partial charge in [0.15, 0.2) is 11.5 Å². The minimum atomic E-state index is -4.06. The van der Waals surface area contributed by atoms with Crippen molar-refractivity contribution in [3.8, 4) is 11.5 Å². The molecule has 0 radical (unpaired) electrons. The fourth-order valence-corrected chi connectivity index (χ4v) is 4.80. The average Bonchev–Trinajstić information content (AvgIpc) is 2.81. The Balaban J connectivity index is 1.49. The second kappa shape index (κ2) is 9.43. The van der Waals surface area contributed by atoms with Crippen molar-refractivity contribution < 1.29 is 27.4 Å². The molecule has 0 saturated heterocycles. The molecule has 1 aliphatic rings. The van der Waals surface area contributed by atoms with Crippen LogP contribution < -0.4 is 19.8 Å². The molecule has 1 atom stereocenters. The van der Waals surface area contributed by atoms with E-state index in [1.807, 2.05) is 13.0 Å². The van der Waals surface area contributed by atoms with Gasteiger partial charge in [0, 0.05) is 18.3 Å². The van der Waals surface area contributed by atoms with Crippen molar-refractivity contribution in [1.82, 2.24) is 14.1 Å². The number of esters is 1. The van der Waals surface area contributed by atoms with Gasteiger partial charge in [-0.1, -0.05) is 19.9 Å². The largest absolute Gasteiger partial charge is 0.486 e. The average molecular weight is 488 g/mol. The number of rotatable bonds is 7. The maximum absolute atomic E-state index is 13.0. The van der Waals surface area contributed by atoms with Gasteiger partial charge in [0.1, 0.15) is 31.5 Å². The van der Waals surface area contributed by atoms with Gasteiger partial charge in [-0.2, -0.15) is 4.72 Å². The van der Waals surface area contributed by atoms with E-state index in [2.05, 4.69) is 9.71 Å². The summed E-state index contributed by atoms with van der Waals surface area (Å²) >= 11 is 0. The zero-order valence-electron chi connectivity index (χ0n) is 19.0. The normalized spacial score (nSPS) is 14.2. The third-order valence-corrected chi connectivity index (χ3v) is 6.69. The van der Waals surface area contributed by atoms with Gasteiger partial charge >= 0.3 is 5.97 Å². The zero-order chi connectivity index (χ0) is 24.5. The first-order valence-corrected chi connectivity index (χ1v) is 12.2. The highest BCUT2D eigenvalue weighted by molar-refractivity contribution is 7.89. The Morgan fingerprint density at radius 3 is 2.62 bits per heavy atom. The van der Waals surface area contributed by atoms with Gasteiger partial charge in [-0.25, -0.2) is 13.4 Å². The second-order valence-electron chi connectivity index (χ2n) is 8.28. The van der Waals surface area contributed by atoms with Crippen LogP contribution in [-0.4, -0.2) is 43.0 Å². The Bertz CT molecular complexity index is 1400. The number of nitrogens with one attached hydrogen (secondary N) is 1. The van der Waals surface area contributed by atoms with Crippen molar-refractivity contribution in [2.75, 3.05) is 13.2 Å². The van der Waals surface area contributed by atoms with Crippen LogP contribution in [0, 0.1) is 12.8 Å². The van der Waals surface area contributed by atoms with Crippen molar-refractivity contribution in [2.45, 2.75) is 38.3 Å². The lowest BCUT2D eigenvalue weighted by molar-refractivity contribution is -0.148. The fourth-order valence-electron chi connectivity index (χ4n) is 3.45. The van der Waals surface area contributed by atoms with E-state index in [-0.39, 0.29) is 22.8 Å². The van der Waals surface area contributed by atoms with Gasteiger partial charge in [-0.05, 0) is 36.6 Å². The number of hydrogen-bond acceptors (Lipinski definition) is 8. The predicted octanol–water partition coefficient (Wildman–Crippen LogP) is 1.82. The first-order valence-electron chi connectivity index (χ1n) is 10.7. The molecule has 1 unspecified atom stereocenters. The molecule has 0 saturated carbocycles. The van der Waals surface area contributed by atoms with E-state index in [1.165, 1.54) is 28.7 Å². The summed E-state index contributed by atoms with van der Waals surface area (Å²) in [6.07, 6.45) is 1.67. The van der Waals surface area contributed by atoms with Crippen LogP contribution in [0.3, 0.4) is 0 Å². The Hall–Kier alpha value is -3.44. The third-order valence-electron chi connectivity index (χ3n) is 5.25. The first-order chi connectivity index (χ1) is 16.1. The molecule has 2 aromatic heterocycles. The number of fused-ring (bicyclic) bond motifs is 2. The highest BCUT2D eigenvalue weighted by Gasteiger charge is 2.30. The summed E-state index contributed by atoms with van der Waals surface area (Å²) in [6.45, 7) is 5.68. The van der Waals surface area contributed by atoms with Crippen LogP contribution in [0.5, 0.6) is 11.5 Å². The smallest absolute Gasteiger partial charge is 0.324 e. The molecule has 1 aliphatic heterocycles. The maximum atomic E-state index is 13.0. The SMILES string of the molecule is Cc1ccc2nc(COC(=O)C(NS(=O)(=O)c3ccc4c(c3)OCCO4)C(C)C)cc(=O)n2c1. The number of ether oxygens (including phenoxy) is 3. The summed E-state index contributed by atoms with van der Waals surface area (Å²) in [4.78, 5) is 29.4. The number of aryl methyl sites for hydroxylation is 1. The molecule has 34 heavy (non-hydrogen) atoms. The van der Waals surface area contributed by atoms with Crippen LogP contribution in [0.1, 0.15) is 25.1 Å². The summed E-state index contributed by atoms with van der Waals surface area (Å²) in [5, 5.41) is 0. The van der Waals surface area contributed by atoms with Crippen LogP contribution in [0.2, 0.25) is 0 Å². The van der Waals surface area contributed by atoms with E-state index in [0.717, 1.165) is 5.56 Å². The molecule has 1 N–H and O–H groups in total. The maximum Gasteiger partial charge on any atom is 0.324 e. The summed E-state index contributed by atoms with van der Waals surface area (Å²) in [5.41, 5.74) is 1.28. The topological polar surface area (TPSA) is 125 Å². The minimum absolute atomic E-state index is 0.0605. The second-order valence-corrected chi connectivity index (χ2v) is 9.99. The van der Waals surface area contributed by atoms with Crippen molar-refractivity contribution in [3.63, 3.8) is 0 Å². The number of carbonyl (C=O) groups is 1. The van der Waals surface area contributed by atoms with E-state index in [1.54, 1.807) is 26.1 Å². The molecule has 0 amide bonds. The highest BCUT2D eigenvalue weighted by atomic mass is 32.2. The molecule has 0 bridgehead atoms. The Morgan fingerprint density at radius 1 is 1.15 bits per heavy atom. The van der Waals surface area contributed by atoms with Crippen molar-refractivity contribution in [3.05, 3.63) is 64.2 Å². The summed E-state index contributed by atoms with van der Waals surface area (Å²) in [7, 11) is -4.06. The standard InChI is InChI=1S/C23H25N3O7S/c1-14(2)22(25-34(29,30)17-5-6-18-19(11-17)32-9-8-31-18)23(28)33-13-16-10-21(27)26-12-15(3)4-7-20(26)24-16/h4-7,10-12,14,22,25H,8-9,13H2,1-3H3. The molecule has 1 aromatic carbocycles. The predicted molar refractivity (Wildman–Crippen MR) is 122 cm³/mol. The first kappa shape index (κ1) is 23.7. The van der Waals surface area contributed by atoms with Gasteiger partial charge in [-0.15, -0.1) is 0 Å². The number of carbonyl (C=O) groups excluding carboxylic acids is 1. The molecular weight excluding hydrogens is 462 g/mol. The van der Waals surface area contributed by atoms with Gasteiger partial charge in [0.25, 0.3) is 5.56 Å². The lowest BCUT2D eigenvalue weighted by Gasteiger charge is -2.22.